The number of rotatable bonds is 8. The normalized spacial score (nSPS) is 10.5. The summed E-state index contributed by atoms with van der Waals surface area (Å²) in [5.41, 5.74) is 3.48. The van der Waals surface area contributed by atoms with E-state index >= 15 is 0 Å². The summed E-state index contributed by atoms with van der Waals surface area (Å²) in [6, 6.07) is 11.9. The van der Waals surface area contributed by atoms with E-state index in [-0.39, 0.29) is 0 Å². The molecule has 0 spiro atoms. The topological polar surface area (TPSA) is 48.8 Å². The predicted molar refractivity (Wildman–Crippen MR) is 94.0 cm³/mol. The molecule has 3 heteroatoms. The molecule has 0 saturated heterocycles. The molecule has 22 heavy (non-hydrogen) atoms. The molecule has 0 aliphatic heterocycles. The lowest BCUT2D eigenvalue weighted by Crippen LogP contribution is -2.11. The molecule has 0 radical (unpaired) electrons. The number of unbranched alkanes of at least 4 members (excludes halogenated alkanes) is 3. The van der Waals surface area contributed by atoms with E-state index in [4.69, 9.17) is 5.41 Å². The third kappa shape index (κ3) is 4.17. The Hall–Kier alpha value is -2.16. The first kappa shape index (κ1) is 16.2. The van der Waals surface area contributed by atoms with Crippen molar-refractivity contribution in [3.63, 3.8) is 0 Å². The number of aromatic nitrogens is 1. The summed E-state index contributed by atoms with van der Waals surface area (Å²) in [7, 11) is 0. The molecule has 0 aliphatic carbocycles. The molecule has 1 heterocycles. The maximum absolute atomic E-state index is 8.52. The van der Waals surface area contributed by atoms with Gasteiger partial charge in [-0.15, -0.1) is 0 Å². The van der Waals surface area contributed by atoms with Crippen molar-refractivity contribution in [2.24, 2.45) is 0 Å². The molecule has 0 fully saturated rings. The largest absolute Gasteiger partial charge is 0.370 e. The smallest absolute Gasteiger partial charge is 0.135 e. The van der Waals surface area contributed by atoms with Crippen molar-refractivity contribution >= 4 is 11.5 Å². The van der Waals surface area contributed by atoms with Crippen LogP contribution in [0.2, 0.25) is 0 Å². The summed E-state index contributed by atoms with van der Waals surface area (Å²) in [5, 5.41) is 11.9. The van der Waals surface area contributed by atoms with Gasteiger partial charge < -0.3 is 5.32 Å². The molecule has 0 bridgehead atoms. The van der Waals surface area contributed by atoms with Crippen LogP contribution in [-0.4, -0.2) is 17.2 Å². The number of anilines is 1. The van der Waals surface area contributed by atoms with Gasteiger partial charge in [0.05, 0.1) is 5.71 Å². The highest BCUT2D eigenvalue weighted by atomic mass is 15.0. The van der Waals surface area contributed by atoms with Gasteiger partial charge in [-0.1, -0.05) is 50.5 Å². The SMILES string of the molecule is CCCCCCNc1ncccc1C(=N)c1ccccc1C. The van der Waals surface area contributed by atoms with Gasteiger partial charge in [-0.2, -0.15) is 0 Å². The van der Waals surface area contributed by atoms with Crippen LogP contribution in [0.25, 0.3) is 0 Å². The van der Waals surface area contributed by atoms with Gasteiger partial charge in [0.1, 0.15) is 5.82 Å². The van der Waals surface area contributed by atoms with Gasteiger partial charge in [0.15, 0.2) is 0 Å². The molecular formula is C19H25N3. The van der Waals surface area contributed by atoms with E-state index in [1.807, 2.05) is 43.3 Å². The maximum Gasteiger partial charge on any atom is 0.135 e. The standard InChI is InChI=1S/C19H25N3/c1-3-4-5-8-13-21-19-17(12-9-14-22-19)18(20)16-11-7-6-10-15(16)2/h6-7,9-12,14,20H,3-5,8,13H2,1-2H3,(H,21,22). The van der Waals surface area contributed by atoms with Crippen molar-refractivity contribution in [3.05, 3.63) is 59.3 Å². The summed E-state index contributed by atoms with van der Waals surface area (Å²) in [5.74, 6) is 0.812. The van der Waals surface area contributed by atoms with E-state index < -0.39 is 0 Å². The van der Waals surface area contributed by atoms with Crippen LogP contribution in [0, 0.1) is 12.3 Å². The molecular weight excluding hydrogens is 270 g/mol. The molecule has 0 unspecified atom stereocenters. The second-order valence-electron chi connectivity index (χ2n) is 5.58. The van der Waals surface area contributed by atoms with Crippen molar-refractivity contribution < 1.29 is 0 Å². The number of hydrogen-bond donors (Lipinski definition) is 2. The lowest BCUT2D eigenvalue weighted by molar-refractivity contribution is 0.684. The molecule has 1 aromatic heterocycles. The van der Waals surface area contributed by atoms with Gasteiger partial charge in [0, 0.05) is 23.9 Å². The summed E-state index contributed by atoms with van der Waals surface area (Å²) in [6.45, 7) is 5.16. The minimum Gasteiger partial charge on any atom is -0.370 e. The van der Waals surface area contributed by atoms with E-state index in [1.165, 1.54) is 19.3 Å². The van der Waals surface area contributed by atoms with Crippen molar-refractivity contribution in [1.82, 2.24) is 4.98 Å². The quantitative estimate of drug-likeness (QED) is 0.543. The summed E-state index contributed by atoms with van der Waals surface area (Å²) < 4.78 is 0. The van der Waals surface area contributed by atoms with Gasteiger partial charge in [-0.05, 0) is 31.0 Å². The minimum absolute atomic E-state index is 0.530. The monoisotopic (exact) mass is 295 g/mol. The van der Waals surface area contributed by atoms with E-state index in [1.54, 1.807) is 6.20 Å². The molecule has 0 atom stereocenters. The molecule has 0 amide bonds. The minimum atomic E-state index is 0.530. The first-order chi connectivity index (χ1) is 10.7. The van der Waals surface area contributed by atoms with Gasteiger partial charge in [-0.25, -0.2) is 4.98 Å². The Balaban J connectivity index is 2.11. The van der Waals surface area contributed by atoms with Crippen LogP contribution in [0.4, 0.5) is 5.82 Å². The first-order valence-corrected chi connectivity index (χ1v) is 8.08. The van der Waals surface area contributed by atoms with Crippen LogP contribution < -0.4 is 5.32 Å². The Morgan fingerprint density at radius 1 is 1.05 bits per heavy atom. The van der Waals surface area contributed by atoms with Crippen molar-refractivity contribution in [2.45, 2.75) is 39.5 Å². The van der Waals surface area contributed by atoms with Crippen LogP contribution in [0.15, 0.2) is 42.6 Å². The molecule has 2 rings (SSSR count). The summed E-state index contributed by atoms with van der Waals surface area (Å²) >= 11 is 0. The zero-order valence-electron chi connectivity index (χ0n) is 13.5. The third-order valence-corrected chi connectivity index (χ3v) is 3.81. The fourth-order valence-electron chi connectivity index (χ4n) is 2.50. The highest BCUT2D eigenvalue weighted by Crippen LogP contribution is 2.19. The Kier molecular flexibility index (Phi) is 6.13. The second kappa shape index (κ2) is 8.32. The summed E-state index contributed by atoms with van der Waals surface area (Å²) in [6.07, 6.45) is 6.67. The molecule has 2 N–H and O–H groups in total. The lowest BCUT2D eigenvalue weighted by atomic mass is 9.99. The molecule has 116 valence electrons. The predicted octanol–water partition coefficient (Wildman–Crippen LogP) is 4.80. The van der Waals surface area contributed by atoms with Crippen molar-refractivity contribution in [1.29, 1.82) is 5.41 Å². The highest BCUT2D eigenvalue weighted by Gasteiger charge is 2.12. The number of nitrogens with one attached hydrogen (secondary N) is 2. The molecule has 1 aromatic carbocycles. The zero-order chi connectivity index (χ0) is 15.8. The molecule has 3 nitrogen and oxygen atoms in total. The number of pyridine rings is 1. The van der Waals surface area contributed by atoms with Crippen LogP contribution >= 0.6 is 0 Å². The average molecular weight is 295 g/mol. The molecule has 2 aromatic rings. The van der Waals surface area contributed by atoms with Gasteiger partial charge in [0.2, 0.25) is 0 Å². The Morgan fingerprint density at radius 3 is 2.59 bits per heavy atom. The second-order valence-corrected chi connectivity index (χ2v) is 5.58. The van der Waals surface area contributed by atoms with Gasteiger partial charge >= 0.3 is 0 Å². The fraction of sp³-hybridized carbons (Fsp3) is 0.368. The van der Waals surface area contributed by atoms with Crippen molar-refractivity contribution in [2.75, 3.05) is 11.9 Å². The van der Waals surface area contributed by atoms with Crippen LogP contribution in [0.3, 0.4) is 0 Å². The Bertz CT molecular complexity index is 620. The fourth-order valence-corrected chi connectivity index (χ4v) is 2.50. The van der Waals surface area contributed by atoms with E-state index in [2.05, 4.69) is 17.2 Å². The molecule has 0 aliphatic rings. The van der Waals surface area contributed by atoms with Crippen molar-refractivity contribution in [3.8, 4) is 0 Å². The van der Waals surface area contributed by atoms with E-state index in [0.29, 0.717) is 5.71 Å². The highest BCUT2D eigenvalue weighted by molar-refractivity contribution is 6.14. The Labute approximate surface area is 133 Å². The first-order valence-electron chi connectivity index (χ1n) is 8.08. The van der Waals surface area contributed by atoms with Crippen LogP contribution in [0.5, 0.6) is 0 Å². The number of hydrogen-bond acceptors (Lipinski definition) is 3. The molecule has 0 saturated carbocycles. The Morgan fingerprint density at radius 2 is 1.82 bits per heavy atom. The third-order valence-electron chi connectivity index (χ3n) is 3.81. The maximum atomic E-state index is 8.52. The van der Waals surface area contributed by atoms with Crippen LogP contribution in [0.1, 0.15) is 49.3 Å². The number of benzene rings is 1. The van der Waals surface area contributed by atoms with E-state index in [9.17, 15) is 0 Å². The zero-order valence-corrected chi connectivity index (χ0v) is 13.5. The summed E-state index contributed by atoms with van der Waals surface area (Å²) in [4.78, 5) is 4.42. The number of nitrogens with zero attached hydrogens (tertiary/aromatic N) is 1. The lowest BCUT2D eigenvalue weighted by Gasteiger charge is -2.13. The van der Waals surface area contributed by atoms with Gasteiger partial charge in [0.25, 0.3) is 0 Å². The number of aryl methyl sites for hydroxylation is 1. The van der Waals surface area contributed by atoms with Gasteiger partial charge in [-0.3, -0.25) is 5.41 Å². The average Bonchev–Trinajstić information content (AvgIpc) is 2.55. The van der Waals surface area contributed by atoms with Crippen LogP contribution in [-0.2, 0) is 0 Å². The van der Waals surface area contributed by atoms with E-state index in [0.717, 1.165) is 35.5 Å².